The van der Waals surface area contributed by atoms with Crippen molar-refractivity contribution in [3.8, 4) is 0 Å². The fourth-order valence-electron chi connectivity index (χ4n) is 2.10. The lowest BCUT2D eigenvalue weighted by Crippen LogP contribution is -2.38. The summed E-state index contributed by atoms with van der Waals surface area (Å²) in [7, 11) is 0. The second-order valence-electron chi connectivity index (χ2n) is 5.65. The zero-order valence-corrected chi connectivity index (χ0v) is 11.6. The van der Waals surface area contributed by atoms with Crippen LogP contribution in [0.1, 0.15) is 47.0 Å². The number of carbonyl (C=O) groups excluding carboxylic acids is 1. The number of likely N-dealkylation sites (tertiary alicyclic amines) is 1. The third-order valence-corrected chi connectivity index (χ3v) is 2.87. The number of nitrogens with one attached hydrogen (secondary N) is 1. The molecule has 0 saturated carbocycles. The molecule has 17 heavy (non-hydrogen) atoms. The predicted octanol–water partition coefficient (Wildman–Crippen LogP) is 2.39. The van der Waals surface area contributed by atoms with Crippen molar-refractivity contribution < 1.29 is 9.53 Å². The molecule has 4 heteroatoms. The van der Waals surface area contributed by atoms with Crippen LogP contribution in [0.4, 0.5) is 4.79 Å². The van der Waals surface area contributed by atoms with E-state index in [0.29, 0.717) is 6.04 Å². The van der Waals surface area contributed by atoms with Gasteiger partial charge in [-0.1, -0.05) is 6.92 Å². The standard InChI is InChI=1S/C13H26N2O2/c1-5-14-11-7-6-9-15(10-8-11)12(16)17-13(2,3)4/h11,14H,5-10H2,1-4H3. The molecule has 4 nitrogen and oxygen atoms in total. The Morgan fingerprint density at radius 1 is 1.35 bits per heavy atom. The van der Waals surface area contributed by atoms with Gasteiger partial charge in [0.25, 0.3) is 0 Å². The maximum Gasteiger partial charge on any atom is 0.410 e. The molecule has 0 aliphatic carbocycles. The molecule has 100 valence electrons. The number of hydrogen-bond acceptors (Lipinski definition) is 3. The maximum absolute atomic E-state index is 11.9. The molecule has 1 fully saturated rings. The van der Waals surface area contributed by atoms with Crippen LogP contribution in [0, 0.1) is 0 Å². The zero-order chi connectivity index (χ0) is 12.9. The zero-order valence-electron chi connectivity index (χ0n) is 11.6. The first-order valence-electron chi connectivity index (χ1n) is 6.63. The largest absolute Gasteiger partial charge is 0.444 e. The first-order chi connectivity index (χ1) is 7.92. The SMILES string of the molecule is CCNC1CCCN(C(=O)OC(C)(C)C)CC1. The Balaban J connectivity index is 2.43. The van der Waals surface area contributed by atoms with Crippen LogP contribution in [-0.4, -0.2) is 42.3 Å². The van der Waals surface area contributed by atoms with Crippen LogP contribution in [0.5, 0.6) is 0 Å². The van der Waals surface area contributed by atoms with Crippen LogP contribution in [0.3, 0.4) is 0 Å². The van der Waals surface area contributed by atoms with Gasteiger partial charge in [-0.15, -0.1) is 0 Å². The molecule has 0 aromatic carbocycles. The van der Waals surface area contributed by atoms with E-state index in [2.05, 4.69) is 12.2 Å². The molecular weight excluding hydrogens is 216 g/mol. The average molecular weight is 242 g/mol. The van der Waals surface area contributed by atoms with Crippen molar-refractivity contribution in [2.75, 3.05) is 19.6 Å². The summed E-state index contributed by atoms with van der Waals surface area (Å²) in [5.74, 6) is 0. The summed E-state index contributed by atoms with van der Waals surface area (Å²) in [5.41, 5.74) is -0.398. The minimum atomic E-state index is -0.398. The number of rotatable bonds is 2. The average Bonchev–Trinajstić information content (AvgIpc) is 2.41. The summed E-state index contributed by atoms with van der Waals surface area (Å²) < 4.78 is 5.39. The Bertz CT molecular complexity index is 248. The molecule has 1 atom stereocenters. The van der Waals surface area contributed by atoms with Gasteiger partial charge >= 0.3 is 6.09 Å². The molecule has 0 spiro atoms. The highest BCUT2D eigenvalue weighted by molar-refractivity contribution is 5.68. The summed E-state index contributed by atoms with van der Waals surface area (Å²) in [6.45, 7) is 10.5. The van der Waals surface area contributed by atoms with Crippen molar-refractivity contribution in [3.63, 3.8) is 0 Å². The first-order valence-corrected chi connectivity index (χ1v) is 6.63. The van der Waals surface area contributed by atoms with E-state index >= 15 is 0 Å². The van der Waals surface area contributed by atoms with Crippen LogP contribution in [0.15, 0.2) is 0 Å². The van der Waals surface area contributed by atoms with E-state index in [1.165, 1.54) is 0 Å². The van der Waals surface area contributed by atoms with Crippen molar-refractivity contribution in [1.29, 1.82) is 0 Å². The quantitative estimate of drug-likeness (QED) is 0.808. The molecule has 0 bridgehead atoms. The van der Waals surface area contributed by atoms with Crippen LogP contribution in [0.2, 0.25) is 0 Å². The van der Waals surface area contributed by atoms with E-state index in [1.807, 2.05) is 25.7 Å². The van der Waals surface area contributed by atoms with Gasteiger partial charge in [-0.3, -0.25) is 0 Å². The molecule has 1 aliphatic rings. The molecule has 1 heterocycles. The molecule has 1 saturated heterocycles. The minimum absolute atomic E-state index is 0.172. The second kappa shape index (κ2) is 6.24. The Kier molecular flexibility index (Phi) is 5.25. The fourth-order valence-corrected chi connectivity index (χ4v) is 2.10. The summed E-state index contributed by atoms with van der Waals surface area (Å²) in [6.07, 6.45) is 3.05. The van der Waals surface area contributed by atoms with Gasteiger partial charge in [0.05, 0.1) is 0 Å². The number of nitrogens with zero attached hydrogens (tertiary/aromatic N) is 1. The highest BCUT2D eigenvalue weighted by atomic mass is 16.6. The monoisotopic (exact) mass is 242 g/mol. The van der Waals surface area contributed by atoms with Crippen LogP contribution < -0.4 is 5.32 Å². The van der Waals surface area contributed by atoms with Gasteiger partial charge in [-0.25, -0.2) is 4.79 Å². The minimum Gasteiger partial charge on any atom is -0.444 e. The highest BCUT2D eigenvalue weighted by Gasteiger charge is 2.24. The smallest absolute Gasteiger partial charge is 0.410 e. The van der Waals surface area contributed by atoms with Crippen molar-refractivity contribution in [2.45, 2.75) is 58.6 Å². The van der Waals surface area contributed by atoms with Gasteiger partial charge in [0.1, 0.15) is 5.60 Å². The van der Waals surface area contributed by atoms with Crippen molar-refractivity contribution in [2.24, 2.45) is 0 Å². The van der Waals surface area contributed by atoms with Crippen molar-refractivity contribution in [3.05, 3.63) is 0 Å². The summed E-state index contributed by atoms with van der Waals surface area (Å²) >= 11 is 0. The predicted molar refractivity (Wildman–Crippen MR) is 69.1 cm³/mol. The Labute approximate surface area is 105 Å². The number of amides is 1. The van der Waals surface area contributed by atoms with Crippen molar-refractivity contribution >= 4 is 6.09 Å². The highest BCUT2D eigenvalue weighted by Crippen LogP contribution is 2.15. The topological polar surface area (TPSA) is 41.6 Å². The molecule has 1 aliphatic heterocycles. The Hall–Kier alpha value is -0.770. The summed E-state index contributed by atoms with van der Waals surface area (Å²) in [6, 6.07) is 0.549. The Morgan fingerprint density at radius 2 is 2.06 bits per heavy atom. The first kappa shape index (κ1) is 14.3. The lowest BCUT2D eigenvalue weighted by Gasteiger charge is -2.26. The number of ether oxygens (including phenoxy) is 1. The van der Waals surface area contributed by atoms with E-state index in [1.54, 1.807) is 0 Å². The molecule has 1 amide bonds. The lowest BCUT2D eigenvalue weighted by atomic mass is 10.1. The maximum atomic E-state index is 11.9. The van der Waals surface area contributed by atoms with Crippen molar-refractivity contribution in [1.82, 2.24) is 10.2 Å². The van der Waals surface area contributed by atoms with E-state index in [9.17, 15) is 4.79 Å². The van der Waals surface area contributed by atoms with Gasteiger partial charge in [-0.05, 0) is 46.6 Å². The molecule has 0 aromatic heterocycles. The van der Waals surface area contributed by atoms with E-state index in [4.69, 9.17) is 4.74 Å². The molecule has 0 radical (unpaired) electrons. The molecule has 1 unspecified atom stereocenters. The van der Waals surface area contributed by atoms with Crippen LogP contribution in [0.25, 0.3) is 0 Å². The number of hydrogen-bond donors (Lipinski definition) is 1. The van der Waals surface area contributed by atoms with Gasteiger partial charge < -0.3 is 15.0 Å². The molecule has 1 rings (SSSR count). The number of carbonyl (C=O) groups is 1. The van der Waals surface area contributed by atoms with Gasteiger partial charge in [0.2, 0.25) is 0 Å². The Morgan fingerprint density at radius 3 is 2.65 bits per heavy atom. The molecule has 0 aromatic rings. The third-order valence-electron chi connectivity index (χ3n) is 2.87. The lowest BCUT2D eigenvalue weighted by molar-refractivity contribution is 0.0256. The summed E-state index contributed by atoms with van der Waals surface area (Å²) in [5, 5.41) is 3.45. The molecular formula is C13H26N2O2. The third kappa shape index (κ3) is 5.39. The van der Waals surface area contributed by atoms with Gasteiger partial charge in [-0.2, -0.15) is 0 Å². The normalized spacial score (nSPS) is 22.1. The van der Waals surface area contributed by atoms with E-state index in [0.717, 1.165) is 38.9 Å². The van der Waals surface area contributed by atoms with Gasteiger partial charge in [0, 0.05) is 19.1 Å². The van der Waals surface area contributed by atoms with E-state index in [-0.39, 0.29) is 6.09 Å². The second-order valence-corrected chi connectivity index (χ2v) is 5.65. The fraction of sp³-hybridized carbons (Fsp3) is 0.923. The van der Waals surface area contributed by atoms with E-state index < -0.39 is 5.60 Å². The van der Waals surface area contributed by atoms with Gasteiger partial charge in [0.15, 0.2) is 0 Å². The molecule has 1 N–H and O–H groups in total. The summed E-state index contributed by atoms with van der Waals surface area (Å²) in [4.78, 5) is 13.8. The van der Waals surface area contributed by atoms with Crippen LogP contribution >= 0.6 is 0 Å². The van der Waals surface area contributed by atoms with Crippen LogP contribution in [-0.2, 0) is 4.74 Å².